The van der Waals surface area contributed by atoms with Gasteiger partial charge in [-0.1, -0.05) is 36.8 Å². The fourth-order valence-electron chi connectivity index (χ4n) is 2.09. The summed E-state index contributed by atoms with van der Waals surface area (Å²) < 4.78 is 0. The Morgan fingerprint density at radius 1 is 1.24 bits per heavy atom. The first-order chi connectivity index (χ1) is 8.25. The summed E-state index contributed by atoms with van der Waals surface area (Å²) in [7, 11) is 0. The third-order valence-electron chi connectivity index (χ3n) is 3.19. The topological polar surface area (TPSA) is 12.0 Å². The first kappa shape index (κ1) is 14.0. The maximum atomic E-state index is 3.74. The van der Waals surface area contributed by atoms with Crippen LogP contribution in [-0.2, 0) is 0 Å². The van der Waals surface area contributed by atoms with Gasteiger partial charge in [-0.2, -0.15) is 0 Å². The van der Waals surface area contributed by atoms with Crippen molar-refractivity contribution < 1.29 is 0 Å². The van der Waals surface area contributed by atoms with Crippen LogP contribution in [0.1, 0.15) is 49.8 Å². The molecular weight excluding hydrogens is 206 g/mol. The predicted molar refractivity (Wildman–Crippen MR) is 76.3 cm³/mol. The third kappa shape index (κ3) is 5.18. The number of unbranched alkanes of at least 4 members (excludes halogenated alkanes) is 3. The molecule has 1 unspecified atom stereocenters. The average Bonchev–Trinajstić information content (AvgIpc) is 2.34. The van der Waals surface area contributed by atoms with Crippen LogP contribution < -0.4 is 5.32 Å². The molecule has 0 aliphatic heterocycles. The van der Waals surface area contributed by atoms with Crippen LogP contribution >= 0.6 is 0 Å². The van der Waals surface area contributed by atoms with E-state index >= 15 is 0 Å². The van der Waals surface area contributed by atoms with E-state index in [4.69, 9.17) is 0 Å². The van der Waals surface area contributed by atoms with Crippen LogP contribution in [0, 0.1) is 6.92 Å². The number of hydrogen-bond donors (Lipinski definition) is 1. The first-order valence-electron chi connectivity index (χ1n) is 6.65. The molecule has 0 saturated carbocycles. The molecule has 17 heavy (non-hydrogen) atoms. The highest BCUT2D eigenvalue weighted by Gasteiger charge is 2.05. The summed E-state index contributed by atoms with van der Waals surface area (Å²) in [4.78, 5) is 0. The van der Waals surface area contributed by atoms with Gasteiger partial charge in [-0.05, 0) is 50.8 Å². The molecule has 0 aromatic heterocycles. The number of aryl methyl sites for hydroxylation is 1. The summed E-state index contributed by atoms with van der Waals surface area (Å²) in [6.07, 6.45) is 6.96. The van der Waals surface area contributed by atoms with Crippen LogP contribution in [0.25, 0.3) is 0 Å². The van der Waals surface area contributed by atoms with E-state index in [1.54, 1.807) is 0 Å². The normalized spacial score (nSPS) is 12.4. The van der Waals surface area contributed by atoms with Crippen LogP contribution in [-0.4, -0.2) is 6.54 Å². The SMILES string of the molecule is C=CCCCCCNC(C)c1ccccc1C. The molecule has 1 aromatic carbocycles. The van der Waals surface area contributed by atoms with Gasteiger partial charge in [0.25, 0.3) is 0 Å². The number of nitrogens with one attached hydrogen (secondary N) is 1. The smallest absolute Gasteiger partial charge is 0.0294 e. The molecule has 0 aliphatic carbocycles. The molecule has 0 bridgehead atoms. The monoisotopic (exact) mass is 231 g/mol. The molecule has 0 heterocycles. The number of benzene rings is 1. The van der Waals surface area contributed by atoms with Crippen molar-refractivity contribution in [1.29, 1.82) is 0 Å². The number of rotatable bonds is 8. The predicted octanol–water partition coefficient (Wildman–Crippen LogP) is 4.39. The van der Waals surface area contributed by atoms with Crippen molar-refractivity contribution in [2.75, 3.05) is 6.54 Å². The summed E-state index contributed by atoms with van der Waals surface area (Å²) in [5, 5.41) is 3.59. The van der Waals surface area contributed by atoms with Crippen LogP contribution in [0.3, 0.4) is 0 Å². The summed E-state index contributed by atoms with van der Waals surface area (Å²) in [6, 6.07) is 9.06. The largest absolute Gasteiger partial charge is 0.310 e. The Bertz CT molecular complexity index is 330. The number of hydrogen-bond acceptors (Lipinski definition) is 1. The van der Waals surface area contributed by atoms with Gasteiger partial charge in [-0.25, -0.2) is 0 Å². The lowest BCUT2D eigenvalue weighted by Crippen LogP contribution is -2.20. The van der Waals surface area contributed by atoms with Gasteiger partial charge in [0.15, 0.2) is 0 Å². The van der Waals surface area contributed by atoms with Crippen molar-refractivity contribution in [3.8, 4) is 0 Å². The van der Waals surface area contributed by atoms with Gasteiger partial charge in [0, 0.05) is 6.04 Å². The van der Waals surface area contributed by atoms with Crippen molar-refractivity contribution in [2.45, 2.75) is 45.6 Å². The molecule has 1 heteroatoms. The van der Waals surface area contributed by atoms with E-state index in [1.165, 1.54) is 30.4 Å². The fraction of sp³-hybridized carbons (Fsp3) is 0.500. The molecule has 1 N–H and O–H groups in total. The molecule has 0 radical (unpaired) electrons. The zero-order valence-electron chi connectivity index (χ0n) is 11.2. The summed E-state index contributed by atoms with van der Waals surface area (Å²) in [5.41, 5.74) is 2.79. The average molecular weight is 231 g/mol. The van der Waals surface area contributed by atoms with Crippen molar-refractivity contribution in [1.82, 2.24) is 5.32 Å². The molecule has 0 amide bonds. The van der Waals surface area contributed by atoms with Gasteiger partial charge in [-0.3, -0.25) is 0 Å². The van der Waals surface area contributed by atoms with Crippen LogP contribution in [0.2, 0.25) is 0 Å². The van der Waals surface area contributed by atoms with Crippen molar-refractivity contribution in [3.05, 3.63) is 48.0 Å². The highest BCUT2D eigenvalue weighted by Crippen LogP contribution is 2.16. The summed E-state index contributed by atoms with van der Waals surface area (Å²) in [5.74, 6) is 0. The van der Waals surface area contributed by atoms with Gasteiger partial charge in [0.05, 0.1) is 0 Å². The zero-order chi connectivity index (χ0) is 12.5. The Labute approximate surface area is 106 Å². The molecule has 1 aromatic rings. The lowest BCUT2D eigenvalue weighted by molar-refractivity contribution is 0.538. The molecule has 0 spiro atoms. The van der Waals surface area contributed by atoms with Crippen molar-refractivity contribution >= 4 is 0 Å². The molecule has 0 aliphatic rings. The summed E-state index contributed by atoms with van der Waals surface area (Å²) >= 11 is 0. The molecule has 0 fully saturated rings. The van der Waals surface area contributed by atoms with Crippen LogP contribution in [0.4, 0.5) is 0 Å². The minimum Gasteiger partial charge on any atom is -0.310 e. The fourth-order valence-corrected chi connectivity index (χ4v) is 2.09. The van der Waals surface area contributed by atoms with E-state index in [2.05, 4.69) is 50.0 Å². The maximum absolute atomic E-state index is 3.74. The maximum Gasteiger partial charge on any atom is 0.0294 e. The molecule has 94 valence electrons. The highest BCUT2D eigenvalue weighted by atomic mass is 14.9. The summed E-state index contributed by atoms with van der Waals surface area (Å²) in [6.45, 7) is 9.26. The van der Waals surface area contributed by atoms with Crippen LogP contribution in [0.5, 0.6) is 0 Å². The van der Waals surface area contributed by atoms with E-state index in [0.717, 1.165) is 13.0 Å². The number of allylic oxidation sites excluding steroid dienone is 1. The van der Waals surface area contributed by atoms with Gasteiger partial charge in [-0.15, -0.1) is 6.58 Å². The third-order valence-corrected chi connectivity index (χ3v) is 3.19. The Morgan fingerprint density at radius 3 is 2.71 bits per heavy atom. The van der Waals surface area contributed by atoms with Gasteiger partial charge in [0.2, 0.25) is 0 Å². The van der Waals surface area contributed by atoms with E-state index in [0.29, 0.717) is 6.04 Å². The van der Waals surface area contributed by atoms with Gasteiger partial charge < -0.3 is 5.32 Å². The quantitative estimate of drug-likeness (QED) is 0.517. The molecule has 1 nitrogen and oxygen atoms in total. The Morgan fingerprint density at radius 2 is 2.00 bits per heavy atom. The second-order valence-electron chi connectivity index (χ2n) is 4.67. The highest BCUT2D eigenvalue weighted by molar-refractivity contribution is 5.28. The second-order valence-corrected chi connectivity index (χ2v) is 4.67. The minimum atomic E-state index is 0.454. The first-order valence-corrected chi connectivity index (χ1v) is 6.65. The van der Waals surface area contributed by atoms with Crippen LogP contribution in [0.15, 0.2) is 36.9 Å². The van der Waals surface area contributed by atoms with E-state index in [1.807, 2.05) is 6.08 Å². The lowest BCUT2D eigenvalue weighted by Gasteiger charge is -2.16. The van der Waals surface area contributed by atoms with E-state index < -0.39 is 0 Å². The Kier molecular flexibility index (Phi) is 6.64. The van der Waals surface area contributed by atoms with E-state index in [-0.39, 0.29) is 0 Å². The minimum absolute atomic E-state index is 0.454. The Hall–Kier alpha value is -1.08. The zero-order valence-corrected chi connectivity index (χ0v) is 11.2. The molecule has 0 saturated heterocycles. The van der Waals surface area contributed by atoms with E-state index in [9.17, 15) is 0 Å². The standard InChI is InChI=1S/C16H25N/c1-4-5-6-7-10-13-17-15(3)16-12-9-8-11-14(16)2/h4,8-9,11-12,15,17H,1,5-7,10,13H2,2-3H3. The lowest BCUT2D eigenvalue weighted by atomic mass is 10.0. The molecule has 1 atom stereocenters. The molecular formula is C16H25N. The van der Waals surface area contributed by atoms with Gasteiger partial charge in [0.1, 0.15) is 0 Å². The second kappa shape index (κ2) is 8.08. The molecule has 1 rings (SSSR count). The Balaban J connectivity index is 2.23. The van der Waals surface area contributed by atoms with Crippen molar-refractivity contribution in [3.63, 3.8) is 0 Å². The van der Waals surface area contributed by atoms with Gasteiger partial charge >= 0.3 is 0 Å². The van der Waals surface area contributed by atoms with Crippen molar-refractivity contribution in [2.24, 2.45) is 0 Å².